The largest absolute Gasteiger partial charge is 0.455 e. The molecule has 3 aromatic heterocycles. The molecule has 0 aliphatic carbocycles. The summed E-state index contributed by atoms with van der Waals surface area (Å²) in [6, 6.07) is 69.5. The van der Waals surface area contributed by atoms with E-state index in [1.807, 2.05) is 77.4 Å². The summed E-state index contributed by atoms with van der Waals surface area (Å²) in [4.78, 5) is 14.1. The van der Waals surface area contributed by atoms with E-state index in [0.29, 0.717) is 5.39 Å². The normalized spacial score (nSPS) is 12.0. The van der Waals surface area contributed by atoms with Gasteiger partial charge in [0.15, 0.2) is 0 Å². The number of rotatable bonds is 4. The predicted octanol–water partition coefficient (Wildman–Crippen LogP) is 15.3. The fourth-order valence-corrected chi connectivity index (χ4v) is 9.92. The van der Waals surface area contributed by atoms with Gasteiger partial charge in [-0.05, 0) is 86.6 Å². The zero-order chi connectivity index (χ0) is 40.2. The van der Waals surface area contributed by atoms with Crippen LogP contribution in [0.5, 0.6) is 0 Å². The topological polar surface area (TPSA) is 48.3 Å². The Morgan fingerprint density at radius 2 is 0.787 bits per heavy atom. The third kappa shape index (κ3) is 4.90. The molecule has 13 aromatic rings. The summed E-state index contributed by atoms with van der Waals surface area (Å²) in [5.41, 5.74) is 11.6. The van der Waals surface area contributed by atoms with Crippen molar-refractivity contribution < 1.29 is 8.83 Å². The van der Waals surface area contributed by atoms with Crippen molar-refractivity contribution >= 4 is 87.1 Å². The molecule has 0 N–H and O–H groups in total. The SMILES string of the molecule is O=c1c2ccccc2c2cc(-c3ccc4c(-c5cccc6c5oc5ccccc56)c5ccccc5c(-c5cccc6c5oc5ccccc56)c4c3)ccc2n1-c1ccccc1. The number of furan rings is 2. The molecule has 3 heterocycles. The van der Waals surface area contributed by atoms with E-state index in [2.05, 4.69) is 127 Å². The highest BCUT2D eigenvalue weighted by atomic mass is 16.3. The molecule has 0 aliphatic rings. The van der Waals surface area contributed by atoms with Crippen LogP contribution in [-0.4, -0.2) is 4.57 Å². The molecule has 0 radical (unpaired) electrons. The quantitative estimate of drug-likeness (QED) is 0.132. The van der Waals surface area contributed by atoms with Gasteiger partial charge in [-0.3, -0.25) is 9.36 Å². The van der Waals surface area contributed by atoms with Gasteiger partial charge < -0.3 is 8.83 Å². The van der Waals surface area contributed by atoms with Crippen LogP contribution >= 0.6 is 0 Å². The number of benzene rings is 10. The molecule has 0 fully saturated rings. The monoisotopic (exact) mass is 779 g/mol. The van der Waals surface area contributed by atoms with Crippen LogP contribution in [0.4, 0.5) is 0 Å². The Balaban J connectivity index is 1.15. The number of fused-ring (bicyclic) bond motifs is 11. The molecule has 0 saturated heterocycles. The molecule has 0 unspecified atom stereocenters. The van der Waals surface area contributed by atoms with E-state index in [-0.39, 0.29) is 5.56 Å². The second kappa shape index (κ2) is 12.9. The zero-order valence-corrected chi connectivity index (χ0v) is 32.7. The summed E-state index contributed by atoms with van der Waals surface area (Å²) in [7, 11) is 0. The van der Waals surface area contributed by atoms with Crippen molar-refractivity contribution in [2.24, 2.45) is 0 Å². The van der Waals surface area contributed by atoms with Crippen molar-refractivity contribution in [1.82, 2.24) is 4.57 Å². The van der Waals surface area contributed by atoms with Gasteiger partial charge in [0.05, 0.1) is 5.52 Å². The van der Waals surface area contributed by atoms with E-state index in [1.165, 1.54) is 0 Å². The van der Waals surface area contributed by atoms with Crippen LogP contribution < -0.4 is 5.56 Å². The number of para-hydroxylation sites is 5. The van der Waals surface area contributed by atoms with E-state index in [9.17, 15) is 4.79 Å². The molecular formula is C57H33NO3. The Bertz CT molecular complexity index is 4020. The van der Waals surface area contributed by atoms with Crippen molar-refractivity contribution in [1.29, 1.82) is 0 Å². The minimum atomic E-state index is -0.0314. The van der Waals surface area contributed by atoms with Crippen molar-refractivity contribution in [3.63, 3.8) is 0 Å². The standard InChI is InChI=1S/C57H33NO3/c59-57-45-21-7-4-16-37(45)48-32-35(29-31-50(48)58(57)36-14-2-1-3-15-36)34-28-30-42-49(33-34)54(47-25-13-23-44-39-18-9-11-27-52(39)61-56(44)47)41-20-6-5-19-40(41)53(42)46-24-12-22-43-38-17-8-10-26-51(38)60-55(43)46/h1-33H. The van der Waals surface area contributed by atoms with Gasteiger partial charge in [-0.1, -0.05) is 152 Å². The molecule has 10 aromatic carbocycles. The van der Waals surface area contributed by atoms with Crippen LogP contribution in [0.3, 0.4) is 0 Å². The first kappa shape index (κ1) is 33.7. The number of nitrogens with zero attached hydrogens (tertiary/aromatic N) is 1. The van der Waals surface area contributed by atoms with Crippen LogP contribution in [0.2, 0.25) is 0 Å². The molecule has 0 amide bonds. The molecule has 0 atom stereocenters. The Labute approximate surface area is 348 Å². The maximum absolute atomic E-state index is 14.1. The molecule has 4 heteroatoms. The van der Waals surface area contributed by atoms with Crippen LogP contribution in [-0.2, 0) is 0 Å². The molecule has 61 heavy (non-hydrogen) atoms. The molecule has 13 rings (SSSR count). The fourth-order valence-electron chi connectivity index (χ4n) is 9.92. The maximum atomic E-state index is 14.1. The van der Waals surface area contributed by atoms with E-state index in [1.54, 1.807) is 0 Å². The lowest BCUT2D eigenvalue weighted by Crippen LogP contribution is -2.19. The average molecular weight is 780 g/mol. The van der Waals surface area contributed by atoms with Crippen molar-refractivity contribution in [3.05, 3.63) is 211 Å². The predicted molar refractivity (Wildman–Crippen MR) is 253 cm³/mol. The second-order valence-electron chi connectivity index (χ2n) is 15.9. The van der Waals surface area contributed by atoms with Gasteiger partial charge in [0.25, 0.3) is 5.56 Å². The van der Waals surface area contributed by atoms with E-state index in [4.69, 9.17) is 8.83 Å². The first-order valence-corrected chi connectivity index (χ1v) is 20.6. The second-order valence-corrected chi connectivity index (χ2v) is 15.9. The van der Waals surface area contributed by atoms with Gasteiger partial charge in [0.2, 0.25) is 0 Å². The van der Waals surface area contributed by atoms with E-state index >= 15 is 0 Å². The lowest BCUT2D eigenvalue weighted by Gasteiger charge is -2.19. The third-order valence-corrected chi connectivity index (χ3v) is 12.6. The first-order chi connectivity index (χ1) is 30.2. The highest BCUT2D eigenvalue weighted by molar-refractivity contribution is 6.26. The number of aromatic nitrogens is 1. The van der Waals surface area contributed by atoms with Crippen molar-refractivity contribution in [2.45, 2.75) is 0 Å². The molecule has 284 valence electrons. The van der Waals surface area contributed by atoms with Crippen molar-refractivity contribution in [3.8, 4) is 39.1 Å². The smallest absolute Gasteiger partial charge is 0.263 e. The molecular weight excluding hydrogens is 747 g/mol. The summed E-state index contributed by atoms with van der Waals surface area (Å²) in [6.07, 6.45) is 0. The summed E-state index contributed by atoms with van der Waals surface area (Å²) < 4.78 is 15.3. The molecule has 0 bridgehead atoms. The Morgan fingerprint density at radius 3 is 1.41 bits per heavy atom. The highest BCUT2D eigenvalue weighted by Gasteiger charge is 2.23. The highest BCUT2D eigenvalue weighted by Crippen LogP contribution is 2.49. The maximum Gasteiger partial charge on any atom is 0.263 e. The molecule has 0 aliphatic heterocycles. The van der Waals surface area contributed by atoms with E-state index in [0.717, 1.165) is 121 Å². The zero-order valence-electron chi connectivity index (χ0n) is 32.7. The molecule has 0 saturated carbocycles. The van der Waals surface area contributed by atoms with Gasteiger partial charge in [-0.15, -0.1) is 0 Å². The lowest BCUT2D eigenvalue weighted by molar-refractivity contribution is 0.669. The average Bonchev–Trinajstić information content (AvgIpc) is 3.90. The van der Waals surface area contributed by atoms with Crippen LogP contribution in [0, 0.1) is 0 Å². The van der Waals surface area contributed by atoms with E-state index < -0.39 is 0 Å². The molecule has 4 nitrogen and oxygen atoms in total. The number of hydrogen-bond acceptors (Lipinski definition) is 3. The van der Waals surface area contributed by atoms with Gasteiger partial charge >= 0.3 is 0 Å². The fraction of sp³-hybridized carbons (Fsp3) is 0. The number of pyridine rings is 1. The minimum absolute atomic E-state index is 0.0314. The Kier molecular flexibility index (Phi) is 7.13. The minimum Gasteiger partial charge on any atom is -0.455 e. The summed E-state index contributed by atoms with van der Waals surface area (Å²) in [5.74, 6) is 0. The summed E-state index contributed by atoms with van der Waals surface area (Å²) >= 11 is 0. The van der Waals surface area contributed by atoms with Gasteiger partial charge in [0.1, 0.15) is 22.3 Å². The lowest BCUT2D eigenvalue weighted by atomic mass is 9.84. The summed E-state index contributed by atoms with van der Waals surface area (Å²) in [6.45, 7) is 0. The number of hydrogen-bond donors (Lipinski definition) is 0. The molecule has 0 spiro atoms. The van der Waals surface area contributed by atoms with Crippen LogP contribution in [0.25, 0.3) is 126 Å². The van der Waals surface area contributed by atoms with Crippen LogP contribution in [0.15, 0.2) is 214 Å². The van der Waals surface area contributed by atoms with Gasteiger partial charge in [0, 0.05) is 60.3 Å². The van der Waals surface area contributed by atoms with Gasteiger partial charge in [-0.25, -0.2) is 0 Å². The third-order valence-electron chi connectivity index (χ3n) is 12.6. The Morgan fingerprint density at radius 1 is 0.328 bits per heavy atom. The van der Waals surface area contributed by atoms with Gasteiger partial charge in [-0.2, -0.15) is 0 Å². The van der Waals surface area contributed by atoms with Crippen LogP contribution in [0.1, 0.15) is 0 Å². The first-order valence-electron chi connectivity index (χ1n) is 20.6. The van der Waals surface area contributed by atoms with Crippen molar-refractivity contribution in [2.75, 3.05) is 0 Å². The Hall–Kier alpha value is -8.21. The summed E-state index contributed by atoms with van der Waals surface area (Å²) in [5, 5.41) is 11.5.